The number of nitrogens with zero attached hydrogens (tertiary/aromatic N) is 2. The highest BCUT2D eigenvalue weighted by atomic mass is 15.1. The predicted molar refractivity (Wildman–Crippen MR) is 56.9 cm³/mol. The van der Waals surface area contributed by atoms with E-state index in [-0.39, 0.29) is 5.54 Å². The number of aromatic nitrogens is 2. The van der Waals surface area contributed by atoms with Gasteiger partial charge < -0.3 is 11.1 Å². The van der Waals surface area contributed by atoms with E-state index in [1.165, 1.54) is 19.2 Å². The lowest BCUT2D eigenvalue weighted by atomic mass is 9.99. The van der Waals surface area contributed by atoms with Crippen molar-refractivity contribution in [3.05, 3.63) is 12.4 Å². The number of nitrogens with one attached hydrogen (secondary N) is 1. The molecule has 0 unspecified atom stereocenters. The first-order valence-electron chi connectivity index (χ1n) is 4.93. The van der Waals surface area contributed by atoms with Gasteiger partial charge in [0.05, 0.1) is 0 Å². The molecule has 3 N–H and O–H groups in total. The van der Waals surface area contributed by atoms with E-state index in [0.29, 0.717) is 5.82 Å². The second-order valence-corrected chi connectivity index (χ2v) is 4.45. The van der Waals surface area contributed by atoms with Gasteiger partial charge in [-0.05, 0) is 32.6 Å². The standard InChI is InChI=1S/C10H16N4/c1-10(2,7-3-4-7)14-9-5-8(11)12-6-13-9/h5-7H,3-4H2,1-2H3,(H3,11,12,13,14). The van der Waals surface area contributed by atoms with Gasteiger partial charge in [0.1, 0.15) is 18.0 Å². The second kappa shape index (κ2) is 3.12. The average Bonchev–Trinajstić information content (AvgIpc) is 2.84. The Bertz CT molecular complexity index is 331. The first kappa shape index (κ1) is 9.24. The van der Waals surface area contributed by atoms with Gasteiger partial charge in [-0.3, -0.25) is 0 Å². The predicted octanol–water partition coefficient (Wildman–Crippen LogP) is 1.66. The molecular formula is C10H16N4. The maximum Gasteiger partial charge on any atom is 0.131 e. The van der Waals surface area contributed by atoms with Crippen LogP contribution in [0.5, 0.6) is 0 Å². The molecule has 4 nitrogen and oxygen atoms in total. The Balaban J connectivity index is 2.09. The summed E-state index contributed by atoms with van der Waals surface area (Å²) < 4.78 is 0. The summed E-state index contributed by atoms with van der Waals surface area (Å²) in [5.41, 5.74) is 5.69. The summed E-state index contributed by atoms with van der Waals surface area (Å²) in [4.78, 5) is 7.99. The number of nitrogen functional groups attached to an aromatic ring is 1. The van der Waals surface area contributed by atoms with Crippen LogP contribution in [-0.4, -0.2) is 15.5 Å². The molecule has 1 aliphatic carbocycles. The van der Waals surface area contributed by atoms with Crippen molar-refractivity contribution in [2.24, 2.45) is 5.92 Å². The van der Waals surface area contributed by atoms with E-state index in [1.807, 2.05) is 0 Å². The highest BCUT2D eigenvalue weighted by Gasteiger charge is 2.37. The molecule has 76 valence electrons. The van der Waals surface area contributed by atoms with Gasteiger partial charge >= 0.3 is 0 Å². The maximum absolute atomic E-state index is 5.58. The minimum atomic E-state index is 0.112. The van der Waals surface area contributed by atoms with Crippen molar-refractivity contribution < 1.29 is 0 Å². The summed E-state index contributed by atoms with van der Waals surface area (Å²) in [5, 5.41) is 3.39. The van der Waals surface area contributed by atoms with Crippen molar-refractivity contribution in [3.8, 4) is 0 Å². The minimum Gasteiger partial charge on any atom is -0.384 e. The molecule has 1 fully saturated rings. The third-order valence-electron chi connectivity index (χ3n) is 2.74. The van der Waals surface area contributed by atoms with Crippen molar-refractivity contribution in [1.29, 1.82) is 0 Å². The van der Waals surface area contributed by atoms with E-state index in [9.17, 15) is 0 Å². The Labute approximate surface area is 83.9 Å². The molecule has 4 heteroatoms. The van der Waals surface area contributed by atoms with Crippen LogP contribution in [0.4, 0.5) is 11.6 Å². The molecule has 0 amide bonds. The Hall–Kier alpha value is -1.32. The molecule has 1 aromatic heterocycles. The summed E-state index contributed by atoms with van der Waals surface area (Å²) >= 11 is 0. The van der Waals surface area contributed by atoms with E-state index in [1.54, 1.807) is 6.07 Å². The van der Waals surface area contributed by atoms with Crippen molar-refractivity contribution in [3.63, 3.8) is 0 Å². The molecule has 1 aromatic rings. The number of anilines is 2. The van der Waals surface area contributed by atoms with Gasteiger partial charge in [0.2, 0.25) is 0 Å². The Kier molecular flexibility index (Phi) is 2.06. The van der Waals surface area contributed by atoms with Crippen molar-refractivity contribution in [2.75, 3.05) is 11.1 Å². The van der Waals surface area contributed by atoms with Crippen LogP contribution in [0.15, 0.2) is 12.4 Å². The van der Waals surface area contributed by atoms with Crippen LogP contribution >= 0.6 is 0 Å². The molecule has 0 aliphatic heterocycles. The maximum atomic E-state index is 5.58. The normalized spacial score (nSPS) is 16.7. The Morgan fingerprint density at radius 3 is 2.71 bits per heavy atom. The topological polar surface area (TPSA) is 63.8 Å². The van der Waals surface area contributed by atoms with Crippen LogP contribution in [0.3, 0.4) is 0 Å². The first-order valence-corrected chi connectivity index (χ1v) is 4.93. The largest absolute Gasteiger partial charge is 0.384 e. The highest BCUT2D eigenvalue weighted by molar-refractivity contribution is 5.45. The summed E-state index contributed by atoms with van der Waals surface area (Å²) in [6.07, 6.45) is 4.10. The average molecular weight is 192 g/mol. The fraction of sp³-hybridized carbons (Fsp3) is 0.600. The highest BCUT2D eigenvalue weighted by Crippen LogP contribution is 2.40. The molecule has 1 heterocycles. The van der Waals surface area contributed by atoms with Crippen LogP contribution in [0.25, 0.3) is 0 Å². The Morgan fingerprint density at radius 2 is 2.14 bits per heavy atom. The molecular weight excluding hydrogens is 176 g/mol. The summed E-state index contributed by atoms with van der Waals surface area (Å²) in [6.45, 7) is 4.39. The monoisotopic (exact) mass is 192 g/mol. The molecule has 0 spiro atoms. The van der Waals surface area contributed by atoms with Crippen LogP contribution in [0.1, 0.15) is 26.7 Å². The molecule has 0 aromatic carbocycles. The zero-order valence-electron chi connectivity index (χ0n) is 8.62. The molecule has 14 heavy (non-hydrogen) atoms. The summed E-state index contributed by atoms with van der Waals surface area (Å²) in [5.74, 6) is 2.09. The molecule has 1 saturated carbocycles. The lowest BCUT2D eigenvalue weighted by Gasteiger charge is -2.26. The lowest BCUT2D eigenvalue weighted by molar-refractivity contribution is 0.492. The van der Waals surface area contributed by atoms with E-state index in [2.05, 4.69) is 29.1 Å². The number of hydrogen-bond acceptors (Lipinski definition) is 4. The van der Waals surface area contributed by atoms with E-state index < -0.39 is 0 Å². The smallest absolute Gasteiger partial charge is 0.131 e. The Morgan fingerprint density at radius 1 is 1.43 bits per heavy atom. The van der Waals surface area contributed by atoms with Crippen LogP contribution in [0, 0.1) is 5.92 Å². The van der Waals surface area contributed by atoms with Gasteiger partial charge in [0.25, 0.3) is 0 Å². The van der Waals surface area contributed by atoms with E-state index >= 15 is 0 Å². The SMILES string of the molecule is CC(C)(Nc1cc(N)ncn1)C1CC1. The molecule has 2 rings (SSSR count). The summed E-state index contributed by atoms with van der Waals surface area (Å²) in [7, 11) is 0. The van der Waals surface area contributed by atoms with E-state index in [4.69, 9.17) is 5.73 Å². The number of nitrogens with two attached hydrogens (primary N) is 1. The van der Waals surface area contributed by atoms with Gasteiger partial charge in [-0.25, -0.2) is 9.97 Å². The van der Waals surface area contributed by atoms with Crippen LogP contribution < -0.4 is 11.1 Å². The molecule has 0 saturated heterocycles. The number of rotatable bonds is 3. The van der Waals surface area contributed by atoms with Gasteiger partial charge in [-0.15, -0.1) is 0 Å². The zero-order chi connectivity index (χ0) is 10.2. The van der Waals surface area contributed by atoms with Crippen molar-refractivity contribution in [2.45, 2.75) is 32.2 Å². The van der Waals surface area contributed by atoms with Gasteiger partial charge in [0.15, 0.2) is 0 Å². The van der Waals surface area contributed by atoms with Crippen molar-refractivity contribution in [1.82, 2.24) is 9.97 Å². The molecule has 0 bridgehead atoms. The van der Waals surface area contributed by atoms with Crippen molar-refractivity contribution >= 4 is 11.6 Å². The third kappa shape index (κ3) is 1.95. The quantitative estimate of drug-likeness (QED) is 0.764. The lowest BCUT2D eigenvalue weighted by Crippen LogP contribution is -2.33. The minimum absolute atomic E-state index is 0.112. The van der Waals surface area contributed by atoms with Gasteiger partial charge in [-0.1, -0.05) is 0 Å². The van der Waals surface area contributed by atoms with Gasteiger partial charge in [0, 0.05) is 11.6 Å². The third-order valence-corrected chi connectivity index (χ3v) is 2.74. The fourth-order valence-corrected chi connectivity index (χ4v) is 1.68. The first-order chi connectivity index (χ1) is 6.58. The van der Waals surface area contributed by atoms with Crippen LogP contribution in [-0.2, 0) is 0 Å². The molecule has 0 radical (unpaired) electrons. The van der Waals surface area contributed by atoms with Crippen LogP contribution in [0.2, 0.25) is 0 Å². The fourth-order valence-electron chi connectivity index (χ4n) is 1.68. The van der Waals surface area contributed by atoms with E-state index in [0.717, 1.165) is 11.7 Å². The second-order valence-electron chi connectivity index (χ2n) is 4.45. The molecule has 0 atom stereocenters. The molecule has 1 aliphatic rings. The zero-order valence-corrected chi connectivity index (χ0v) is 8.62. The van der Waals surface area contributed by atoms with Gasteiger partial charge in [-0.2, -0.15) is 0 Å². The summed E-state index contributed by atoms with van der Waals surface area (Å²) in [6, 6.07) is 1.77. The number of hydrogen-bond donors (Lipinski definition) is 2.